The summed E-state index contributed by atoms with van der Waals surface area (Å²) in [6, 6.07) is 0. The Balaban J connectivity index is 4.23. The first-order chi connectivity index (χ1) is 22.4. The molecule has 0 saturated carbocycles. The molecule has 0 aromatic heterocycles. The fourth-order valence-electron chi connectivity index (χ4n) is 7.44. The SMILES string of the molecule is CCCCCCCCCCCCCCCCCCOC(=O)CC(C(O)C(CCCCCCCCCCCCC)C(C)(C)C)C(C)(C)C. The number of carbonyl (C=O) groups excluding carboxylic acids is 1. The van der Waals surface area contributed by atoms with Crippen LogP contribution in [0.5, 0.6) is 0 Å². The van der Waals surface area contributed by atoms with E-state index >= 15 is 0 Å². The Kier molecular flexibility index (Phi) is 29.9. The Bertz CT molecular complexity index is 673. The fourth-order valence-corrected chi connectivity index (χ4v) is 7.44. The van der Waals surface area contributed by atoms with Crippen molar-refractivity contribution >= 4 is 5.97 Å². The summed E-state index contributed by atoms with van der Waals surface area (Å²) in [5.41, 5.74) is -0.161. The molecular formula is C44H88O3. The first kappa shape index (κ1) is 46.4. The number of esters is 1. The van der Waals surface area contributed by atoms with E-state index in [1.807, 2.05) is 0 Å². The van der Waals surface area contributed by atoms with Crippen LogP contribution in [0.4, 0.5) is 0 Å². The molecule has 0 rings (SSSR count). The quantitative estimate of drug-likeness (QED) is 0.0561. The molecule has 1 N–H and O–H groups in total. The van der Waals surface area contributed by atoms with E-state index < -0.39 is 6.10 Å². The summed E-state index contributed by atoms with van der Waals surface area (Å²) in [5, 5.41) is 11.8. The number of ether oxygens (including phenoxy) is 1. The normalized spacial score (nSPS) is 14.3. The van der Waals surface area contributed by atoms with Crippen LogP contribution in [-0.2, 0) is 9.53 Å². The summed E-state index contributed by atoms with van der Waals surface area (Å²) < 4.78 is 5.72. The second-order valence-corrected chi connectivity index (χ2v) is 17.5. The first-order valence-corrected chi connectivity index (χ1v) is 21.3. The number of aliphatic hydroxyl groups excluding tert-OH is 1. The van der Waals surface area contributed by atoms with Crippen molar-refractivity contribution in [2.24, 2.45) is 22.7 Å². The van der Waals surface area contributed by atoms with Crippen LogP contribution in [0.25, 0.3) is 0 Å². The van der Waals surface area contributed by atoms with Crippen LogP contribution in [0.2, 0.25) is 0 Å². The summed E-state index contributed by atoms with van der Waals surface area (Å²) in [5.74, 6) is -0.0524. The Morgan fingerprint density at radius 2 is 0.766 bits per heavy atom. The zero-order valence-corrected chi connectivity index (χ0v) is 33.7. The zero-order valence-electron chi connectivity index (χ0n) is 33.7. The van der Waals surface area contributed by atoms with Gasteiger partial charge in [-0.2, -0.15) is 0 Å². The van der Waals surface area contributed by atoms with E-state index in [2.05, 4.69) is 55.4 Å². The average molecular weight is 665 g/mol. The molecule has 0 aromatic carbocycles. The summed E-state index contributed by atoms with van der Waals surface area (Å²) in [4.78, 5) is 13.0. The molecule has 0 radical (unpaired) electrons. The smallest absolute Gasteiger partial charge is 0.306 e. The summed E-state index contributed by atoms with van der Waals surface area (Å²) in [6.45, 7) is 18.4. The topological polar surface area (TPSA) is 46.5 Å². The minimum Gasteiger partial charge on any atom is -0.466 e. The van der Waals surface area contributed by atoms with E-state index in [0.29, 0.717) is 13.0 Å². The lowest BCUT2D eigenvalue weighted by Gasteiger charge is -2.43. The van der Waals surface area contributed by atoms with Crippen LogP contribution in [0, 0.1) is 22.7 Å². The number of rotatable bonds is 33. The molecule has 0 heterocycles. The van der Waals surface area contributed by atoms with Crippen molar-refractivity contribution in [3.63, 3.8) is 0 Å². The van der Waals surface area contributed by atoms with E-state index in [1.54, 1.807) is 0 Å². The van der Waals surface area contributed by atoms with Gasteiger partial charge in [-0.15, -0.1) is 0 Å². The molecule has 0 aliphatic heterocycles. The van der Waals surface area contributed by atoms with Crippen molar-refractivity contribution in [1.82, 2.24) is 0 Å². The predicted molar refractivity (Wildman–Crippen MR) is 208 cm³/mol. The van der Waals surface area contributed by atoms with Crippen LogP contribution in [0.1, 0.15) is 242 Å². The lowest BCUT2D eigenvalue weighted by Crippen LogP contribution is -2.43. The molecule has 3 unspecified atom stereocenters. The monoisotopic (exact) mass is 665 g/mol. The fraction of sp³-hybridized carbons (Fsp3) is 0.977. The molecule has 0 amide bonds. The van der Waals surface area contributed by atoms with Crippen LogP contribution >= 0.6 is 0 Å². The Hall–Kier alpha value is -0.570. The van der Waals surface area contributed by atoms with Gasteiger partial charge < -0.3 is 9.84 Å². The Morgan fingerprint density at radius 1 is 0.468 bits per heavy atom. The molecule has 3 atom stereocenters. The van der Waals surface area contributed by atoms with Crippen molar-refractivity contribution in [3.8, 4) is 0 Å². The average Bonchev–Trinajstić information content (AvgIpc) is 3.00. The molecule has 3 nitrogen and oxygen atoms in total. The molecule has 47 heavy (non-hydrogen) atoms. The van der Waals surface area contributed by atoms with Crippen LogP contribution < -0.4 is 0 Å². The molecular weight excluding hydrogens is 576 g/mol. The molecule has 0 spiro atoms. The van der Waals surface area contributed by atoms with Crippen LogP contribution in [0.3, 0.4) is 0 Å². The molecule has 0 bridgehead atoms. The molecule has 0 aromatic rings. The van der Waals surface area contributed by atoms with Crippen LogP contribution in [0.15, 0.2) is 0 Å². The van der Waals surface area contributed by atoms with Gasteiger partial charge in [0.05, 0.1) is 19.1 Å². The highest BCUT2D eigenvalue weighted by molar-refractivity contribution is 5.69. The van der Waals surface area contributed by atoms with Crippen LogP contribution in [-0.4, -0.2) is 23.8 Å². The molecule has 282 valence electrons. The zero-order chi connectivity index (χ0) is 35.2. The molecule has 0 saturated heterocycles. The molecule has 0 aliphatic rings. The number of unbranched alkanes of at least 4 members (excludes halogenated alkanes) is 25. The maximum absolute atomic E-state index is 13.0. The number of carbonyl (C=O) groups is 1. The third kappa shape index (κ3) is 27.9. The van der Waals surface area contributed by atoms with Crippen molar-refractivity contribution in [2.45, 2.75) is 248 Å². The molecule has 3 heteroatoms. The van der Waals surface area contributed by atoms with Gasteiger partial charge in [0.15, 0.2) is 0 Å². The van der Waals surface area contributed by atoms with Gasteiger partial charge in [-0.25, -0.2) is 0 Å². The number of hydrogen-bond donors (Lipinski definition) is 1. The lowest BCUT2D eigenvalue weighted by molar-refractivity contribution is -0.149. The van der Waals surface area contributed by atoms with E-state index in [4.69, 9.17) is 4.74 Å². The Morgan fingerprint density at radius 3 is 1.09 bits per heavy atom. The molecule has 0 fully saturated rings. The highest BCUT2D eigenvalue weighted by Crippen LogP contribution is 2.42. The van der Waals surface area contributed by atoms with E-state index in [-0.39, 0.29) is 28.6 Å². The van der Waals surface area contributed by atoms with Crippen molar-refractivity contribution in [2.75, 3.05) is 6.61 Å². The van der Waals surface area contributed by atoms with E-state index in [9.17, 15) is 9.90 Å². The maximum atomic E-state index is 13.0. The third-order valence-electron chi connectivity index (χ3n) is 10.8. The highest BCUT2D eigenvalue weighted by Gasteiger charge is 2.41. The van der Waals surface area contributed by atoms with Gasteiger partial charge in [-0.05, 0) is 29.6 Å². The number of aliphatic hydroxyl groups is 1. The predicted octanol–water partition coefficient (Wildman–Crippen LogP) is 14.6. The first-order valence-electron chi connectivity index (χ1n) is 21.3. The second kappa shape index (κ2) is 30.3. The van der Waals surface area contributed by atoms with Gasteiger partial charge in [-0.1, -0.05) is 222 Å². The van der Waals surface area contributed by atoms with Gasteiger partial charge >= 0.3 is 5.97 Å². The summed E-state index contributed by atoms with van der Waals surface area (Å²) in [7, 11) is 0. The Labute approximate surface area is 297 Å². The van der Waals surface area contributed by atoms with Crippen molar-refractivity contribution < 1.29 is 14.6 Å². The third-order valence-corrected chi connectivity index (χ3v) is 10.8. The van der Waals surface area contributed by atoms with Gasteiger partial charge in [-0.3, -0.25) is 4.79 Å². The second-order valence-electron chi connectivity index (χ2n) is 17.5. The summed E-state index contributed by atoms with van der Waals surface area (Å²) in [6.07, 6.45) is 37.0. The minimum absolute atomic E-state index is 0.00113. The van der Waals surface area contributed by atoms with Gasteiger partial charge in [0, 0.05) is 5.92 Å². The van der Waals surface area contributed by atoms with Gasteiger partial charge in [0.2, 0.25) is 0 Å². The lowest BCUT2D eigenvalue weighted by atomic mass is 9.65. The summed E-state index contributed by atoms with van der Waals surface area (Å²) >= 11 is 0. The van der Waals surface area contributed by atoms with E-state index in [1.165, 1.54) is 154 Å². The highest BCUT2D eigenvalue weighted by atomic mass is 16.5. The van der Waals surface area contributed by atoms with E-state index in [0.717, 1.165) is 25.7 Å². The number of hydrogen-bond acceptors (Lipinski definition) is 3. The standard InChI is InChI=1S/C44H88O3/c1-9-11-13-15-17-19-21-22-23-24-25-27-29-31-33-35-37-47-41(45)38-40(44(6,7)8)42(46)39(43(3,4)5)36-34-32-30-28-26-20-18-16-14-12-10-2/h39-40,42,46H,9-38H2,1-8H3. The van der Waals surface area contributed by atoms with Gasteiger partial charge in [0.1, 0.15) is 0 Å². The van der Waals surface area contributed by atoms with Crippen molar-refractivity contribution in [3.05, 3.63) is 0 Å². The minimum atomic E-state index is -0.499. The molecule has 0 aliphatic carbocycles. The van der Waals surface area contributed by atoms with Gasteiger partial charge in [0.25, 0.3) is 0 Å². The largest absolute Gasteiger partial charge is 0.466 e. The van der Waals surface area contributed by atoms with Crippen molar-refractivity contribution in [1.29, 1.82) is 0 Å². The maximum Gasteiger partial charge on any atom is 0.306 e.